The molecule has 1 saturated heterocycles. The van der Waals surface area contributed by atoms with E-state index in [-0.39, 0.29) is 42.6 Å². The molecule has 0 saturated carbocycles. The van der Waals surface area contributed by atoms with Crippen LogP contribution in [0.15, 0.2) is 41.3 Å². The molecule has 2 heterocycles. The smallest absolute Gasteiger partial charge is 0.274 e. The number of nitrogens with zero attached hydrogens (tertiary/aromatic N) is 3. The van der Waals surface area contributed by atoms with Gasteiger partial charge in [-0.2, -0.15) is 0 Å². The van der Waals surface area contributed by atoms with Gasteiger partial charge in [-0.3, -0.25) is 19.2 Å². The van der Waals surface area contributed by atoms with E-state index in [9.17, 15) is 19.2 Å². The van der Waals surface area contributed by atoms with Crippen LogP contribution in [0.5, 0.6) is 5.75 Å². The van der Waals surface area contributed by atoms with Crippen molar-refractivity contribution in [1.29, 1.82) is 0 Å². The molecule has 1 atom stereocenters. The summed E-state index contributed by atoms with van der Waals surface area (Å²) in [5.41, 5.74) is 0.578. The minimum Gasteiger partial charge on any atom is -0.494 e. The molecular formula is C26H34N4O5. The molecule has 0 bridgehead atoms. The lowest BCUT2D eigenvalue weighted by Crippen LogP contribution is -2.42. The fraction of sp³-hybridized carbons (Fsp3) is 0.462. The first-order chi connectivity index (χ1) is 16.5. The average molecular weight is 483 g/mol. The molecule has 1 aromatic heterocycles. The summed E-state index contributed by atoms with van der Waals surface area (Å²) in [6.07, 6.45) is 1.51. The standard InChI is InChI=1S/C26H34N4O5/c1-7-35-21-10-8-20(9-11-21)29-15-18(13-23(29)31)24(32)27-22-12-19(14-28(6)26(22)34)25(33)30(16(2)3)17(4)5/h8-12,14,16-18H,7,13,15H2,1-6H3,(H,27,32). The second kappa shape index (κ2) is 10.8. The summed E-state index contributed by atoms with van der Waals surface area (Å²) in [6, 6.07) is 8.48. The van der Waals surface area contributed by atoms with Gasteiger partial charge in [0.2, 0.25) is 11.8 Å². The van der Waals surface area contributed by atoms with E-state index in [0.717, 1.165) is 0 Å². The van der Waals surface area contributed by atoms with Crippen molar-refractivity contribution in [3.8, 4) is 5.75 Å². The monoisotopic (exact) mass is 482 g/mol. The normalized spacial score (nSPS) is 15.6. The molecule has 1 unspecified atom stereocenters. The Bertz CT molecular complexity index is 1150. The molecule has 9 nitrogen and oxygen atoms in total. The Hall–Kier alpha value is -3.62. The molecule has 0 spiro atoms. The third kappa shape index (κ3) is 5.72. The number of amides is 3. The number of carbonyl (C=O) groups excluding carboxylic acids is 3. The number of aryl methyl sites for hydroxylation is 1. The summed E-state index contributed by atoms with van der Waals surface area (Å²) in [5, 5.41) is 2.66. The highest BCUT2D eigenvalue weighted by Crippen LogP contribution is 2.27. The molecule has 1 fully saturated rings. The predicted octanol–water partition coefficient (Wildman–Crippen LogP) is 3.03. The number of hydrogen-bond donors (Lipinski definition) is 1. The van der Waals surface area contributed by atoms with Crippen molar-refractivity contribution in [2.45, 2.75) is 53.1 Å². The summed E-state index contributed by atoms with van der Waals surface area (Å²) in [4.78, 5) is 54.7. The van der Waals surface area contributed by atoms with E-state index in [4.69, 9.17) is 4.74 Å². The maximum Gasteiger partial charge on any atom is 0.274 e. The second-order valence-corrected chi connectivity index (χ2v) is 9.28. The van der Waals surface area contributed by atoms with E-state index >= 15 is 0 Å². The zero-order chi connectivity index (χ0) is 25.9. The number of nitrogens with one attached hydrogen (secondary N) is 1. The van der Waals surface area contributed by atoms with Gasteiger partial charge in [-0.05, 0) is 65.0 Å². The van der Waals surface area contributed by atoms with Crippen molar-refractivity contribution < 1.29 is 19.1 Å². The number of benzene rings is 1. The summed E-state index contributed by atoms with van der Waals surface area (Å²) < 4.78 is 6.72. The van der Waals surface area contributed by atoms with Crippen LogP contribution in [-0.2, 0) is 16.6 Å². The van der Waals surface area contributed by atoms with Gasteiger partial charge >= 0.3 is 0 Å². The van der Waals surface area contributed by atoms with Gasteiger partial charge in [-0.1, -0.05) is 0 Å². The van der Waals surface area contributed by atoms with Crippen molar-refractivity contribution in [3.05, 3.63) is 52.4 Å². The van der Waals surface area contributed by atoms with Gasteiger partial charge in [-0.15, -0.1) is 0 Å². The number of ether oxygens (including phenoxy) is 1. The van der Waals surface area contributed by atoms with Gasteiger partial charge in [0.25, 0.3) is 11.5 Å². The van der Waals surface area contributed by atoms with Gasteiger partial charge in [0.1, 0.15) is 11.4 Å². The number of hydrogen-bond acceptors (Lipinski definition) is 5. The third-order valence-corrected chi connectivity index (χ3v) is 5.99. The van der Waals surface area contributed by atoms with Crippen molar-refractivity contribution in [2.24, 2.45) is 13.0 Å². The zero-order valence-electron chi connectivity index (χ0n) is 21.2. The van der Waals surface area contributed by atoms with E-state index in [0.29, 0.717) is 23.6 Å². The number of carbonyl (C=O) groups is 3. The maximum absolute atomic E-state index is 13.1. The first-order valence-electron chi connectivity index (χ1n) is 11.9. The summed E-state index contributed by atoms with van der Waals surface area (Å²) >= 11 is 0. The van der Waals surface area contributed by atoms with Crippen molar-refractivity contribution in [2.75, 3.05) is 23.4 Å². The molecule has 1 N–H and O–H groups in total. The van der Waals surface area contributed by atoms with Gasteiger partial charge in [-0.25, -0.2) is 0 Å². The highest BCUT2D eigenvalue weighted by Gasteiger charge is 2.35. The lowest BCUT2D eigenvalue weighted by molar-refractivity contribution is -0.122. The van der Waals surface area contributed by atoms with E-state index in [2.05, 4.69) is 5.32 Å². The van der Waals surface area contributed by atoms with Crippen molar-refractivity contribution in [3.63, 3.8) is 0 Å². The van der Waals surface area contributed by atoms with Gasteiger partial charge in [0.15, 0.2) is 0 Å². The second-order valence-electron chi connectivity index (χ2n) is 9.28. The topological polar surface area (TPSA) is 101 Å². The Labute approximate surface area is 205 Å². The highest BCUT2D eigenvalue weighted by molar-refractivity contribution is 6.04. The number of pyridine rings is 1. The molecule has 3 amide bonds. The van der Waals surface area contributed by atoms with Crippen LogP contribution in [0, 0.1) is 5.92 Å². The number of aromatic nitrogens is 1. The van der Waals surface area contributed by atoms with E-state index in [1.54, 1.807) is 34.1 Å². The lowest BCUT2D eigenvalue weighted by Gasteiger charge is -2.31. The van der Waals surface area contributed by atoms with Crippen LogP contribution in [0.1, 0.15) is 51.4 Å². The maximum atomic E-state index is 13.1. The van der Waals surface area contributed by atoms with E-state index < -0.39 is 17.4 Å². The number of rotatable bonds is 8. The minimum atomic E-state index is -0.624. The molecular weight excluding hydrogens is 448 g/mol. The van der Waals surface area contributed by atoms with E-state index in [1.807, 2.05) is 34.6 Å². The molecule has 188 valence electrons. The van der Waals surface area contributed by atoms with E-state index in [1.165, 1.54) is 23.9 Å². The Balaban J connectivity index is 1.78. The summed E-state index contributed by atoms with van der Waals surface area (Å²) in [6.45, 7) is 10.3. The van der Waals surface area contributed by atoms with Gasteiger partial charge in [0.05, 0.1) is 18.1 Å². The Morgan fingerprint density at radius 1 is 1.11 bits per heavy atom. The van der Waals surface area contributed by atoms with Crippen LogP contribution < -0.4 is 20.5 Å². The first kappa shape index (κ1) is 26.0. The Kier molecular flexibility index (Phi) is 7.99. The average Bonchev–Trinajstić information content (AvgIpc) is 3.18. The quantitative estimate of drug-likeness (QED) is 0.623. The fourth-order valence-electron chi connectivity index (χ4n) is 4.39. The summed E-state index contributed by atoms with van der Waals surface area (Å²) in [5.74, 6) is -0.746. The minimum absolute atomic E-state index is 0.0165. The van der Waals surface area contributed by atoms with Crippen LogP contribution in [-0.4, -0.2) is 52.4 Å². The van der Waals surface area contributed by atoms with Crippen LogP contribution in [0.2, 0.25) is 0 Å². The van der Waals surface area contributed by atoms with Gasteiger partial charge in [0, 0.05) is 44.0 Å². The first-order valence-corrected chi connectivity index (χ1v) is 11.9. The van der Waals surface area contributed by atoms with Crippen molar-refractivity contribution in [1.82, 2.24) is 9.47 Å². The molecule has 35 heavy (non-hydrogen) atoms. The van der Waals surface area contributed by atoms with Crippen LogP contribution in [0.4, 0.5) is 11.4 Å². The fourth-order valence-corrected chi connectivity index (χ4v) is 4.39. The largest absolute Gasteiger partial charge is 0.494 e. The predicted molar refractivity (Wildman–Crippen MR) is 135 cm³/mol. The molecule has 2 aromatic rings. The third-order valence-electron chi connectivity index (χ3n) is 5.99. The zero-order valence-corrected chi connectivity index (χ0v) is 21.2. The number of anilines is 2. The van der Waals surface area contributed by atoms with Gasteiger partial charge < -0.3 is 24.4 Å². The lowest BCUT2D eigenvalue weighted by atomic mass is 10.1. The van der Waals surface area contributed by atoms with Crippen LogP contribution >= 0.6 is 0 Å². The molecule has 1 aromatic carbocycles. The summed E-state index contributed by atoms with van der Waals surface area (Å²) in [7, 11) is 1.54. The molecule has 3 rings (SSSR count). The molecule has 9 heteroatoms. The highest BCUT2D eigenvalue weighted by atomic mass is 16.5. The molecule has 1 aliphatic heterocycles. The SMILES string of the molecule is CCOc1ccc(N2CC(C(=O)Nc3cc(C(=O)N(C(C)C)C(C)C)cn(C)c3=O)CC2=O)cc1. The Morgan fingerprint density at radius 2 is 1.74 bits per heavy atom. The van der Waals surface area contributed by atoms with Crippen LogP contribution in [0.3, 0.4) is 0 Å². The molecule has 0 radical (unpaired) electrons. The Morgan fingerprint density at radius 3 is 2.31 bits per heavy atom. The molecule has 0 aliphatic carbocycles. The van der Waals surface area contributed by atoms with Crippen molar-refractivity contribution >= 4 is 29.1 Å². The van der Waals surface area contributed by atoms with Crippen LogP contribution in [0.25, 0.3) is 0 Å². The molecule has 1 aliphatic rings.